The van der Waals surface area contributed by atoms with Crippen LogP contribution in [0.1, 0.15) is 5.56 Å². The first-order valence-corrected chi connectivity index (χ1v) is 11.5. The summed E-state index contributed by atoms with van der Waals surface area (Å²) in [6.45, 7) is -0.560. The Bertz CT molecular complexity index is 1220. The Kier molecular flexibility index (Phi) is 7.60. The van der Waals surface area contributed by atoms with Gasteiger partial charge in [-0.2, -0.15) is 5.10 Å². The summed E-state index contributed by atoms with van der Waals surface area (Å²) in [5, 5.41) is 3.90. The molecule has 0 fully saturated rings. The quantitative estimate of drug-likeness (QED) is 0.360. The first kappa shape index (κ1) is 23.4. The molecule has 0 atom stereocenters. The number of hydrogen-bond donors (Lipinski definition) is 1. The number of hydrazone groups is 1. The number of halogens is 2. The van der Waals surface area contributed by atoms with Gasteiger partial charge in [-0.1, -0.05) is 34.1 Å². The second-order valence-electron chi connectivity index (χ2n) is 6.48. The van der Waals surface area contributed by atoms with Gasteiger partial charge in [0.25, 0.3) is 15.9 Å². The Morgan fingerprint density at radius 2 is 1.81 bits per heavy atom. The van der Waals surface area contributed by atoms with E-state index in [-0.39, 0.29) is 10.6 Å². The molecule has 0 saturated carbocycles. The van der Waals surface area contributed by atoms with Crippen molar-refractivity contribution < 1.29 is 22.3 Å². The van der Waals surface area contributed by atoms with Crippen LogP contribution in [0.25, 0.3) is 0 Å². The number of carbonyl (C=O) groups excluding carboxylic acids is 1. The number of methoxy groups -OCH3 is 1. The van der Waals surface area contributed by atoms with Gasteiger partial charge >= 0.3 is 0 Å². The molecule has 0 radical (unpaired) electrons. The van der Waals surface area contributed by atoms with Crippen LogP contribution in [0.3, 0.4) is 0 Å². The van der Waals surface area contributed by atoms with Crippen molar-refractivity contribution in [3.63, 3.8) is 0 Å². The molecule has 0 saturated heterocycles. The Morgan fingerprint density at radius 3 is 2.47 bits per heavy atom. The Morgan fingerprint density at radius 1 is 1.12 bits per heavy atom. The second kappa shape index (κ2) is 10.4. The first-order chi connectivity index (χ1) is 15.3. The van der Waals surface area contributed by atoms with Crippen LogP contribution in [0, 0.1) is 5.82 Å². The van der Waals surface area contributed by atoms with E-state index in [1.54, 1.807) is 36.4 Å². The predicted octanol–water partition coefficient (Wildman–Crippen LogP) is 3.94. The van der Waals surface area contributed by atoms with Gasteiger partial charge < -0.3 is 4.74 Å². The third-order valence-corrected chi connectivity index (χ3v) is 6.60. The normalized spacial score (nSPS) is 11.3. The molecule has 0 aliphatic rings. The largest absolute Gasteiger partial charge is 0.496 e. The molecule has 0 spiro atoms. The molecule has 32 heavy (non-hydrogen) atoms. The molecule has 3 aromatic carbocycles. The van der Waals surface area contributed by atoms with E-state index in [0.29, 0.717) is 11.3 Å². The highest BCUT2D eigenvalue weighted by Gasteiger charge is 2.27. The molecule has 0 heterocycles. The number of carbonyl (C=O) groups is 1. The molecule has 0 aliphatic carbocycles. The summed E-state index contributed by atoms with van der Waals surface area (Å²) in [5.41, 5.74) is 3.06. The minimum absolute atomic E-state index is 0.000464. The van der Waals surface area contributed by atoms with Crippen LogP contribution >= 0.6 is 15.9 Å². The molecule has 10 heteroatoms. The number of rotatable bonds is 8. The van der Waals surface area contributed by atoms with Gasteiger partial charge in [0.1, 0.15) is 18.1 Å². The lowest BCUT2D eigenvalue weighted by Crippen LogP contribution is -2.39. The van der Waals surface area contributed by atoms with E-state index in [4.69, 9.17) is 4.74 Å². The van der Waals surface area contributed by atoms with Crippen molar-refractivity contribution in [1.82, 2.24) is 5.43 Å². The molecule has 0 unspecified atom stereocenters. The number of sulfonamides is 1. The van der Waals surface area contributed by atoms with E-state index in [2.05, 4.69) is 26.5 Å². The number of hydrogen-bond acceptors (Lipinski definition) is 5. The molecule has 166 valence electrons. The van der Waals surface area contributed by atoms with E-state index >= 15 is 0 Å². The van der Waals surface area contributed by atoms with Gasteiger partial charge in [-0.15, -0.1) is 0 Å². The predicted molar refractivity (Wildman–Crippen MR) is 124 cm³/mol. The number of amides is 1. The van der Waals surface area contributed by atoms with Crippen molar-refractivity contribution in [1.29, 1.82) is 0 Å². The molecule has 1 amide bonds. The fraction of sp³-hybridized carbons (Fsp3) is 0.0909. The van der Waals surface area contributed by atoms with Crippen LogP contribution in [-0.2, 0) is 14.8 Å². The van der Waals surface area contributed by atoms with Crippen LogP contribution in [0.2, 0.25) is 0 Å². The maximum atomic E-state index is 13.4. The van der Waals surface area contributed by atoms with E-state index in [0.717, 1.165) is 20.9 Å². The Balaban J connectivity index is 1.83. The van der Waals surface area contributed by atoms with E-state index in [1.165, 1.54) is 37.6 Å². The van der Waals surface area contributed by atoms with Gasteiger partial charge in [0.15, 0.2) is 0 Å². The minimum Gasteiger partial charge on any atom is -0.496 e. The van der Waals surface area contributed by atoms with Crippen LogP contribution < -0.4 is 14.5 Å². The summed E-state index contributed by atoms with van der Waals surface area (Å²) in [7, 11) is -2.58. The third kappa shape index (κ3) is 5.71. The van der Waals surface area contributed by atoms with E-state index in [1.807, 2.05) is 0 Å². The van der Waals surface area contributed by atoms with Crippen molar-refractivity contribution in [3.05, 3.63) is 88.6 Å². The minimum atomic E-state index is -4.08. The smallest absolute Gasteiger partial charge is 0.264 e. The molecule has 7 nitrogen and oxygen atoms in total. The maximum absolute atomic E-state index is 13.4. The van der Waals surface area contributed by atoms with Crippen LogP contribution in [0.15, 0.2) is 87.3 Å². The average Bonchev–Trinajstić information content (AvgIpc) is 2.79. The van der Waals surface area contributed by atoms with Gasteiger partial charge in [0, 0.05) is 10.0 Å². The van der Waals surface area contributed by atoms with Crippen molar-refractivity contribution in [2.45, 2.75) is 4.90 Å². The average molecular weight is 520 g/mol. The highest BCUT2D eigenvalue weighted by Crippen LogP contribution is 2.24. The highest BCUT2D eigenvalue weighted by atomic mass is 79.9. The van der Waals surface area contributed by atoms with Gasteiger partial charge in [0.05, 0.1) is 23.9 Å². The fourth-order valence-electron chi connectivity index (χ4n) is 2.79. The zero-order valence-corrected chi connectivity index (χ0v) is 19.3. The second-order valence-corrected chi connectivity index (χ2v) is 9.26. The number of nitrogens with one attached hydrogen (secondary N) is 1. The fourth-order valence-corrected chi connectivity index (χ4v) is 4.61. The molecule has 0 bridgehead atoms. The lowest BCUT2D eigenvalue weighted by atomic mass is 10.2. The van der Waals surface area contributed by atoms with Crippen molar-refractivity contribution in [3.8, 4) is 5.75 Å². The maximum Gasteiger partial charge on any atom is 0.264 e. The monoisotopic (exact) mass is 519 g/mol. The molecule has 1 N–H and O–H groups in total. The number of benzene rings is 3. The molecule has 0 aromatic heterocycles. The summed E-state index contributed by atoms with van der Waals surface area (Å²) in [5.74, 6) is -0.660. The summed E-state index contributed by atoms with van der Waals surface area (Å²) in [4.78, 5) is 12.5. The Hall–Kier alpha value is -3.24. The topological polar surface area (TPSA) is 88.1 Å². The number of nitrogens with zero attached hydrogens (tertiary/aromatic N) is 2. The Labute approximate surface area is 193 Å². The lowest BCUT2D eigenvalue weighted by molar-refractivity contribution is -0.119. The molecular formula is C22H19BrFN3O4S. The zero-order valence-electron chi connectivity index (χ0n) is 16.9. The molecular weight excluding hydrogens is 501 g/mol. The van der Waals surface area contributed by atoms with Crippen LogP contribution in [0.4, 0.5) is 10.1 Å². The highest BCUT2D eigenvalue weighted by molar-refractivity contribution is 9.10. The standard InChI is InChI=1S/C22H19BrFN3O4S/c1-31-21-12-7-17(23)13-16(21)14-25-26-22(28)15-27(19-10-8-18(24)9-11-19)32(29,30)20-5-3-2-4-6-20/h2-14H,15H2,1H3,(H,26,28)/b25-14-. The van der Waals surface area contributed by atoms with Gasteiger partial charge in [-0.05, 0) is 54.6 Å². The molecule has 0 aliphatic heterocycles. The summed E-state index contributed by atoms with van der Waals surface area (Å²) >= 11 is 3.35. The number of anilines is 1. The van der Waals surface area contributed by atoms with Gasteiger partial charge in [-0.25, -0.2) is 18.2 Å². The van der Waals surface area contributed by atoms with Crippen LogP contribution in [0.5, 0.6) is 5.75 Å². The first-order valence-electron chi connectivity index (χ1n) is 9.30. The van der Waals surface area contributed by atoms with Gasteiger partial charge in [0.2, 0.25) is 0 Å². The summed E-state index contributed by atoms with van der Waals surface area (Å²) < 4.78 is 46.6. The van der Waals surface area contributed by atoms with Crippen LogP contribution in [-0.4, -0.2) is 34.2 Å². The summed E-state index contributed by atoms with van der Waals surface area (Å²) in [6, 6.07) is 17.8. The zero-order chi connectivity index (χ0) is 23.1. The van der Waals surface area contributed by atoms with E-state index in [9.17, 15) is 17.6 Å². The van der Waals surface area contributed by atoms with Crippen molar-refractivity contribution >= 4 is 43.8 Å². The SMILES string of the molecule is COc1ccc(Br)cc1/C=N\NC(=O)CN(c1ccc(F)cc1)S(=O)(=O)c1ccccc1. The molecule has 3 rings (SSSR count). The van der Waals surface area contributed by atoms with Crippen molar-refractivity contribution in [2.24, 2.45) is 5.10 Å². The number of ether oxygens (including phenoxy) is 1. The molecule has 3 aromatic rings. The van der Waals surface area contributed by atoms with E-state index < -0.39 is 28.3 Å². The third-order valence-electron chi connectivity index (χ3n) is 4.32. The van der Waals surface area contributed by atoms with Crippen molar-refractivity contribution in [2.75, 3.05) is 18.0 Å². The summed E-state index contributed by atoms with van der Waals surface area (Å²) in [6.07, 6.45) is 1.38. The van der Waals surface area contributed by atoms with Gasteiger partial charge in [-0.3, -0.25) is 9.10 Å². The lowest BCUT2D eigenvalue weighted by Gasteiger charge is -2.23.